The Morgan fingerprint density at radius 2 is 1.07 bits per heavy atom. The van der Waals surface area contributed by atoms with Gasteiger partial charge in [-0.05, 0) is 48.2 Å². The van der Waals surface area contributed by atoms with Crippen LogP contribution in [0.15, 0.2) is 46.6 Å². The fourth-order valence-electron chi connectivity index (χ4n) is 4.58. The topological polar surface area (TPSA) is 131 Å². The van der Waals surface area contributed by atoms with Gasteiger partial charge in [-0.1, -0.05) is 0 Å². The Morgan fingerprint density at radius 1 is 0.650 bits per heavy atom. The number of ether oxygens (including phenoxy) is 4. The number of fused-ring (bicyclic) bond motifs is 4. The van der Waals surface area contributed by atoms with Crippen LogP contribution in [0.3, 0.4) is 0 Å². The van der Waals surface area contributed by atoms with E-state index >= 15 is 0 Å². The van der Waals surface area contributed by atoms with Gasteiger partial charge in [0.15, 0.2) is 0 Å². The molecule has 0 fully saturated rings. The van der Waals surface area contributed by atoms with Crippen molar-refractivity contribution in [3.63, 3.8) is 0 Å². The zero-order chi connectivity index (χ0) is 28.0. The summed E-state index contributed by atoms with van der Waals surface area (Å²) in [6.07, 6.45) is 1.24. The highest BCUT2D eigenvalue weighted by Crippen LogP contribution is 2.31. The molecule has 0 saturated carbocycles. The van der Waals surface area contributed by atoms with E-state index in [1.165, 1.54) is 12.1 Å². The smallest absolute Gasteiger partial charge is 0.269 e. The standard InChI is InChI=1S/C28H39N5O7/c34-28-23-5-7-31-9-13-37-17-19-39-15-11-32(12-16-40-20-18-38-14-10-31)8-6-24(28)22-26(21-23)30-29-25-1-3-27(4-2-25)33(35)36/h1-4,21-22,34H,5-20H2. The van der Waals surface area contributed by atoms with Crippen molar-refractivity contribution in [1.29, 1.82) is 0 Å². The van der Waals surface area contributed by atoms with Crippen molar-refractivity contribution in [3.8, 4) is 5.75 Å². The van der Waals surface area contributed by atoms with Crippen LogP contribution < -0.4 is 0 Å². The van der Waals surface area contributed by atoms with Gasteiger partial charge in [0.2, 0.25) is 0 Å². The van der Waals surface area contributed by atoms with Crippen molar-refractivity contribution in [2.24, 2.45) is 10.2 Å². The Morgan fingerprint density at radius 3 is 1.50 bits per heavy atom. The summed E-state index contributed by atoms with van der Waals surface area (Å²) in [5.74, 6) is 0.280. The molecule has 4 rings (SSSR count). The highest BCUT2D eigenvalue weighted by atomic mass is 16.6. The summed E-state index contributed by atoms with van der Waals surface area (Å²) in [5, 5.41) is 30.9. The van der Waals surface area contributed by atoms with Gasteiger partial charge in [0.05, 0.1) is 69.2 Å². The summed E-state index contributed by atoms with van der Waals surface area (Å²) in [6.45, 7) is 8.91. The van der Waals surface area contributed by atoms with Gasteiger partial charge in [-0.25, -0.2) is 0 Å². The zero-order valence-corrected chi connectivity index (χ0v) is 22.9. The minimum Gasteiger partial charge on any atom is -0.507 e. The molecule has 2 heterocycles. The largest absolute Gasteiger partial charge is 0.507 e. The minimum atomic E-state index is -0.447. The lowest BCUT2D eigenvalue weighted by Gasteiger charge is -2.23. The Bertz CT molecular complexity index is 1030. The van der Waals surface area contributed by atoms with Crippen molar-refractivity contribution in [3.05, 3.63) is 57.6 Å². The molecule has 2 aliphatic rings. The number of azo groups is 1. The van der Waals surface area contributed by atoms with Gasteiger partial charge in [-0.3, -0.25) is 19.9 Å². The van der Waals surface area contributed by atoms with E-state index in [1.54, 1.807) is 12.1 Å². The van der Waals surface area contributed by atoms with Gasteiger partial charge in [-0.2, -0.15) is 10.2 Å². The fraction of sp³-hybridized carbons (Fsp3) is 0.571. The summed E-state index contributed by atoms with van der Waals surface area (Å²) in [7, 11) is 0. The van der Waals surface area contributed by atoms with Gasteiger partial charge in [0.1, 0.15) is 5.75 Å². The Kier molecular flexibility index (Phi) is 12.2. The number of rotatable bonds is 3. The van der Waals surface area contributed by atoms with Crippen molar-refractivity contribution in [2.75, 3.05) is 92.1 Å². The summed E-state index contributed by atoms with van der Waals surface area (Å²) in [6, 6.07) is 9.65. The molecule has 12 nitrogen and oxygen atoms in total. The maximum atomic E-state index is 11.3. The molecule has 0 unspecified atom stereocenters. The summed E-state index contributed by atoms with van der Waals surface area (Å²) >= 11 is 0. The average Bonchev–Trinajstić information content (AvgIpc) is 2.96. The molecule has 12 heteroatoms. The number of nitrogens with zero attached hydrogens (tertiary/aromatic N) is 5. The van der Waals surface area contributed by atoms with Gasteiger partial charge < -0.3 is 24.1 Å². The molecule has 218 valence electrons. The first-order valence-electron chi connectivity index (χ1n) is 13.8. The van der Waals surface area contributed by atoms with E-state index in [-0.39, 0.29) is 11.4 Å². The second-order valence-corrected chi connectivity index (χ2v) is 9.72. The van der Waals surface area contributed by atoms with Crippen LogP contribution in [0.1, 0.15) is 11.1 Å². The van der Waals surface area contributed by atoms with Gasteiger partial charge in [0.25, 0.3) is 5.69 Å². The third-order valence-corrected chi connectivity index (χ3v) is 6.94. The lowest BCUT2D eigenvalue weighted by atomic mass is 10.0. The minimum absolute atomic E-state index is 0.000376. The SMILES string of the molecule is O=[N+]([O-])c1ccc(N=Nc2cc3c(O)c(c2)CCN2CCOCCOCCN(CCOCCOCC2)CC3)cc1. The van der Waals surface area contributed by atoms with Crippen LogP contribution >= 0.6 is 0 Å². The van der Waals surface area contributed by atoms with Crippen molar-refractivity contribution in [2.45, 2.75) is 12.8 Å². The van der Waals surface area contributed by atoms with Crippen LogP contribution in [0, 0.1) is 10.1 Å². The maximum Gasteiger partial charge on any atom is 0.269 e. The lowest BCUT2D eigenvalue weighted by Crippen LogP contribution is -2.34. The first kappa shape index (κ1) is 30.0. The highest BCUT2D eigenvalue weighted by Gasteiger charge is 2.15. The van der Waals surface area contributed by atoms with Crippen LogP contribution in [0.2, 0.25) is 0 Å². The first-order chi connectivity index (χ1) is 19.6. The molecule has 4 bridgehead atoms. The molecular weight excluding hydrogens is 518 g/mol. The number of hydrogen-bond donors (Lipinski definition) is 1. The number of hydrogen-bond acceptors (Lipinski definition) is 11. The third-order valence-electron chi connectivity index (χ3n) is 6.94. The van der Waals surface area contributed by atoms with E-state index in [4.69, 9.17) is 18.9 Å². The molecule has 2 aliphatic heterocycles. The molecule has 0 aromatic heterocycles. The van der Waals surface area contributed by atoms with E-state index in [0.29, 0.717) is 90.2 Å². The van der Waals surface area contributed by atoms with E-state index in [1.807, 2.05) is 12.1 Å². The van der Waals surface area contributed by atoms with Gasteiger partial charge in [0, 0.05) is 51.4 Å². The number of aromatic hydroxyl groups is 1. The second kappa shape index (κ2) is 16.3. The number of benzene rings is 2. The predicted molar refractivity (Wildman–Crippen MR) is 149 cm³/mol. The molecule has 40 heavy (non-hydrogen) atoms. The molecular formula is C28H39N5O7. The van der Waals surface area contributed by atoms with Gasteiger partial charge >= 0.3 is 0 Å². The molecule has 0 radical (unpaired) electrons. The zero-order valence-electron chi connectivity index (χ0n) is 22.9. The predicted octanol–water partition coefficient (Wildman–Crippen LogP) is 3.50. The Hall–Kier alpha value is -3.00. The van der Waals surface area contributed by atoms with Crippen molar-refractivity contribution in [1.82, 2.24) is 9.80 Å². The average molecular weight is 558 g/mol. The summed E-state index contributed by atoms with van der Waals surface area (Å²) in [4.78, 5) is 15.0. The van der Waals surface area contributed by atoms with Gasteiger partial charge in [-0.15, -0.1) is 0 Å². The molecule has 0 spiro atoms. The number of nitro benzene ring substituents is 1. The Balaban J connectivity index is 1.60. The monoisotopic (exact) mass is 557 g/mol. The van der Waals surface area contributed by atoms with Crippen LogP contribution in [-0.2, 0) is 31.8 Å². The molecule has 2 aromatic rings. The van der Waals surface area contributed by atoms with E-state index in [9.17, 15) is 15.2 Å². The fourth-order valence-corrected chi connectivity index (χ4v) is 4.58. The van der Waals surface area contributed by atoms with Crippen LogP contribution in [0.25, 0.3) is 0 Å². The molecule has 0 saturated heterocycles. The normalized spacial score (nSPS) is 22.7. The van der Waals surface area contributed by atoms with Crippen molar-refractivity contribution < 1.29 is 29.0 Å². The second-order valence-electron chi connectivity index (χ2n) is 9.72. The van der Waals surface area contributed by atoms with Crippen LogP contribution in [-0.4, -0.2) is 112 Å². The summed E-state index contributed by atoms with van der Waals surface area (Å²) in [5.41, 5.74) is 2.73. The van der Waals surface area contributed by atoms with E-state index < -0.39 is 4.92 Å². The lowest BCUT2D eigenvalue weighted by molar-refractivity contribution is -0.384. The number of phenols is 1. The third kappa shape index (κ3) is 9.88. The van der Waals surface area contributed by atoms with Crippen LogP contribution in [0.5, 0.6) is 5.75 Å². The number of phenolic OH excluding ortho intramolecular Hbond substituents is 1. The van der Waals surface area contributed by atoms with E-state index in [0.717, 1.165) is 37.3 Å². The highest BCUT2D eigenvalue weighted by molar-refractivity contribution is 5.53. The summed E-state index contributed by atoms with van der Waals surface area (Å²) < 4.78 is 23.2. The maximum absolute atomic E-state index is 11.3. The van der Waals surface area contributed by atoms with E-state index in [2.05, 4.69) is 20.0 Å². The molecule has 1 N–H and O–H groups in total. The first-order valence-corrected chi connectivity index (χ1v) is 13.8. The molecule has 2 aromatic carbocycles. The number of non-ortho nitro benzene ring substituents is 1. The molecule has 0 amide bonds. The van der Waals surface area contributed by atoms with Crippen molar-refractivity contribution >= 4 is 17.1 Å². The Labute approximate surface area is 234 Å². The van der Waals surface area contributed by atoms with Crippen LogP contribution in [0.4, 0.5) is 17.1 Å². The number of nitro groups is 1. The quantitative estimate of drug-likeness (QED) is 0.342. The molecule has 0 atom stereocenters. The molecule has 0 aliphatic carbocycles.